The Morgan fingerprint density at radius 2 is 2.15 bits per heavy atom. The molecule has 1 aliphatic rings. The van der Waals surface area contributed by atoms with E-state index in [4.69, 9.17) is 15.2 Å². The molecular formula is C17H24IN5O3. The fraction of sp³-hybridized carbons (Fsp3) is 0.588. The van der Waals surface area contributed by atoms with Crippen LogP contribution in [0.1, 0.15) is 39.7 Å². The van der Waals surface area contributed by atoms with Crippen molar-refractivity contribution >= 4 is 45.4 Å². The monoisotopic (exact) mass is 473 g/mol. The molecule has 3 rings (SSSR count). The van der Waals surface area contributed by atoms with Gasteiger partial charge in [0.1, 0.15) is 20.6 Å². The average molecular weight is 473 g/mol. The van der Waals surface area contributed by atoms with Crippen LogP contribution in [0.2, 0.25) is 0 Å². The number of nitrogens with two attached hydrogens (primary N) is 1. The average Bonchev–Trinajstić information content (AvgIpc) is 2.92. The van der Waals surface area contributed by atoms with Crippen LogP contribution in [0, 0.1) is 3.70 Å². The summed E-state index contributed by atoms with van der Waals surface area (Å²) >= 11 is 2.16. The van der Waals surface area contributed by atoms with Crippen LogP contribution in [0.15, 0.2) is 6.20 Å². The highest BCUT2D eigenvalue weighted by molar-refractivity contribution is 14.1. The SMILES string of the molecule is COc1cnc(N)c2c(I)nn([C@@H]3CCCN(C(=O)OC(C)(C)C)C3)c12. The third-order valence-corrected chi connectivity index (χ3v) is 5.05. The number of carbonyl (C=O) groups is 1. The number of amides is 1. The summed E-state index contributed by atoms with van der Waals surface area (Å²) in [5.41, 5.74) is 6.37. The topological polar surface area (TPSA) is 95.5 Å². The number of fused-ring (bicyclic) bond motifs is 1. The lowest BCUT2D eigenvalue weighted by Crippen LogP contribution is -2.43. The summed E-state index contributed by atoms with van der Waals surface area (Å²) in [5.74, 6) is 1.05. The molecule has 2 aromatic rings. The zero-order valence-corrected chi connectivity index (χ0v) is 17.6. The van der Waals surface area contributed by atoms with Gasteiger partial charge in [0, 0.05) is 13.1 Å². The van der Waals surface area contributed by atoms with Gasteiger partial charge in [-0.15, -0.1) is 0 Å². The van der Waals surface area contributed by atoms with Crippen molar-refractivity contribution in [3.05, 3.63) is 9.90 Å². The lowest BCUT2D eigenvalue weighted by molar-refractivity contribution is 0.0169. The van der Waals surface area contributed by atoms with Crippen LogP contribution >= 0.6 is 22.6 Å². The molecule has 9 heteroatoms. The molecule has 0 radical (unpaired) electrons. The lowest BCUT2D eigenvalue weighted by atomic mass is 10.1. The summed E-state index contributed by atoms with van der Waals surface area (Å²) in [6.45, 7) is 6.83. The van der Waals surface area contributed by atoms with Crippen LogP contribution in [0.4, 0.5) is 10.6 Å². The number of pyridine rings is 1. The van der Waals surface area contributed by atoms with Gasteiger partial charge in [-0.1, -0.05) is 0 Å². The van der Waals surface area contributed by atoms with E-state index in [1.165, 1.54) is 0 Å². The van der Waals surface area contributed by atoms with E-state index in [-0.39, 0.29) is 12.1 Å². The Balaban J connectivity index is 1.94. The van der Waals surface area contributed by atoms with Crippen LogP contribution in [0.5, 0.6) is 5.75 Å². The van der Waals surface area contributed by atoms with Crippen molar-refractivity contribution in [1.82, 2.24) is 19.7 Å². The van der Waals surface area contributed by atoms with Gasteiger partial charge in [-0.3, -0.25) is 4.68 Å². The number of rotatable bonds is 2. The first-order valence-corrected chi connectivity index (χ1v) is 9.63. The van der Waals surface area contributed by atoms with E-state index in [2.05, 4.69) is 32.7 Å². The Morgan fingerprint density at radius 1 is 1.42 bits per heavy atom. The fourth-order valence-corrected chi connectivity index (χ4v) is 3.95. The summed E-state index contributed by atoms with van der Waals surface area (Å²) in [6, 6.07) is 0.0259. The van der Waals surface area contributed by atoms with Crippen LogP contribution in [-0.2, 0) is 4.74 Å². The minimum absolute atomic E-state index is 0.0259. The highest BCUT2D eigenvalue weighted by Crippen LogP contribution is 2.35. The number of hydrogen-bond donors (Lipinski definition) is 1. The largest absolute Gasteiger partial charge is 0.493 e. The third kappa shape index (κ3) is 3.67. The maximum absolute atomic E-state index is 12.5. The van der Waals surface area contributed by atoms with Crippen molar-refractivity contribution in [1.29, 1.82) is 0 Å². The molecule has 2 N–H and O–H groups in total. The Hall–Kier alpha value is -1.78. The molecule has 142 valence electrons. The van der Waals surface area contributed by atoms with Crippen LogP contribution in [0.25, 0.3) is 10.9 Å². The van der Waals surface area contributed by atoms with Crippen molar-refractivity contribution < 1.29 is 14.3 Å². The summed E-state index contributed by atoms with van der Waals surface area (Å²) < 4.78 is 13.7. The minimum atomic E-state index is -0.513. The van der Waals surface area contributed by atoms with E-state index in [1.54, 1.807) is 18.2 Å². The number of hydrogen-bond acceptors (Lipinski definition) is 6. The Bertz CT molecular complexity index is 830. The van der Waals surface area contributed by atoms with E-state index in [0.717, 1.165) is 27.4 Å². The molecule has 0 saturated carbocycles. The first-order valence-electron chi connectivity index (χ1n) is 8.55. The van der Waals surface area contributed by atoms with Crippen molar-refractivity contribution in [3.8, 4) is 5.75 Å². The predicted molar refractivity (Wildman–Crippen MR) is 107 cm³/mol. The van der Waals surface area contributed by atoms with E-state index in [0.29, 0.717) is 24.7 Å². The summed E-state index contributed by atoms with van der Waals surface area (Å²) in [7, 11) is 1.60. The van der Waals surface area contributed by atoms with Crippen molar-refractivity contribution in [2.45, 2.75) is 45.3 Å². The van der Waals surface area contributed by atoms with Crippen molar-refractivity contribution in [2.24, 2.45) is 0 Å². The van der Waals surface area contributed by atoms with E-state index in [1.807, 2.05) is 25.5 Å². The molecule has 2 aromatic heterocycles. The van der Waals surface area contributed by atoms with Gasteiger partial charge < -0.3 is 20.1 Å². The molecule has 1 saturated heterocycles. The predicted octanol–water partition coefficient (Wildman–Crippen LogP) is 3.20. The van der Waals surface area contributed by atoms with Crippen LogP contribution in [-0.4, -0.2) is 51.6 Å². The van der Waals surface area contributed by atoms with Gasteiger partial charge in [0.25, 0.3) is 0 Å². The number of piperidine rings is 1. The lowest BCUT2D eigenvalue weighted by Gasteiger charge is -2.34. The van der Waals surface area contributed by atoms with Gasteiger partial charge in [0.05, 0.1) is 24.7 Å². The Morgan fingerprint density at radius 3 is 2.81 bits per heavy atom. The van der Waals surface area contributed by atoms with Crippen molar-refractivity contribution in [2.75, 3.05) is 25.9 Å². The smallest absolute Gasteiger partial charge is 0.410 e. The highest BCUT2D eigenvalue weighted by Gasteiger charge is 2.31. The Kier molecular flexibility index (Phi) is 5.18. The summed E-state index contributed by atoms with van der Waals surface area (Å²) in [4.78, 5) is 18.4. The van der Waals surface area contributed by atoms with Crippen molar-refractivity contribution in [3.63, 3.8) is 0 Å². The molecule has 1 amide bonds. The molecule has 8 nitrogen and oxygen atoms in total. The van der Waals surface area contributed by atoms with Crippen LogP contribution in [0.3, 0.4) is 0 Å². The summed E-state index contributed by atoms with van der Waals surface area (Å²) in [5, 5.41) is 5.47. The van der Waals surface area contributed by atoms with E-state index in [9.17, 15) is 4.79 Å². The molecule has 1 fully saturated rings. The van der Waals surface area contributed by atoms with Gasteiger partial charge in [-0.05, 0) is 56.2 Å². The highest BCUT2D eigenvalue weighted by atomic mass is 127. The molecule has 0 spiro atoms. The van der Waals surface area contributed by atoms with Crippen LogP contribution < -0.4 is 10.5 Å². The van der Waals surface area contributed by atoms with Gasteiger partial charge in [-0.2, -0.15) is 5.10 Å². The number of anilines is 1. The van der Waals surface area contributed by atoms with Gasteiger partial charge >= 0.3 is 6.09 Å². The number of carbonyl (C=O) groups excluding carboxylic acids is 1. The minimum Gasteiger partial charge on any atom is -0.493 e. The molecule has 1 aliphatic heterocycles. The zero-order chi connectivity index (χ0) is 19.1. The second-order valence-corrected chi connectivity index (χ2v) is 8.42. The molecule has 0 aliphatic carbocycles. The molecule has 0 bridgehead atoms. The normalized spacial score (nSPS) is 18.2. The fourth-order valence-electron chi connectivity index (χ4n) is 3.18. The second kappa shape index (κ2) is 7.09. The standard InChI is InChI=1S/C17H24IN5O3/c1-17(2,3)26-16(24)22-7-5-6-10(9-22)23-13-11(25-4)8-20-15(19)12(13)14(18)21-23/h8,10H,5-7,9H2,1-4H3,(H2,19,20)/t10-/m1/s1. The maximum atomic E-state index is 12.5. The first kappa shape index (κ1) is 19.0. The molecule has 3 heterocycles. The maximum Gasteiger partial charge on any atom is 0.410 e. The van der Waals surface area contributed by atoms with Gasteiger partial charge in [-0.25, -0.2) is 9.78 Å². The number of nitrogen functional groups attached to an aromatic ring is 1. The number of halogens is 1. The first-order chi connectivity index (χ1) is 12.2. The Labute approximate surface area is 166 Å². The van der Waals surface area contributed by atoms with Gasteiger partial charge in [0.2, 0.25) is 0 Å². The van der Waals surface area contributed by atoms with E-state index >= 15 is 0 Å². The molecule has 0 aromatic carbocycles. The van der Waals surface area contributed by atoms with E-state index < -0.39 is 5.60 Å². The zero-order valence-electron chi connectivity index (χ0n) is 15.5. The number of nitrogens with zero attached hydrogens (tertiary/aromatic N) is 4. The molecule has 26 heavy (non-hydrogen) atoms. The molecule has 1 atom stereocenters. The second-order valence-electron chi connectivity index (χ2n) is 7.39. The number of methoxy groups -OCH3 is 1. The molecule has 0 unspecified atom stereocenters. The number of ether oxygens (including phenoxy) is 2. The quantitative estimate of drug-likeness (QED) is 0.674. The summed E-state index contributed by atoms with van der Waals surface area (Å²) in [6.07, 6.45) is 3.12. The number of likely N-dealkylation sites (tertiary alicyclic amines) is 1. The third-order valence-electron chi connectivity index (χ3n) is 4.29. The molecular weight excluding hydrogens is 449 g/mol. The number of aromatic nitrogens is 3. The van der Waals surface area contributed by atoms with Gasteiger partial charge in [0.15, 0.2) is 5.75 Å².